The van der Waals surface area contributed by atoms with Gasteiger partial charge in [-0.15, -0.1) is 0 Å². The van der Waals surface area contributed by atoms with Crippen molar-refractivity contribution in [2.24, 2.45) is 5.92 Å². The molecule has 0 bridgehead atoms. The second kappa shape index (κ2) is 6.43. The van der Waals surface area contributed by atoms with Crippen molar-refractivity contribution in [3.8, 4) is 0 Å². The van der Waals surface area contributed by atoms with Gasteiger partial charge in [0, 0.05) is 6.54 Å². The number of amides is 1. The van der Waals surface area contributed by atoms with E-state index in [4.69, 9.17) is 28.3 Å². The Hall–Kier alpha value is -1.30. The molecule has 1 unspecified atom stereocenters. The van der Waals surface area contributed by atoms with Crippen molar-refractivity contribution in [1.82, 2.24) is 4.90 Å². The first-order valence-electron chi connectivity index (χ1n) is 6.16. The lowest BCUT2D eigenvalue weighted by Crippen LogP contribution is -2.32. The molecule has 1 amide bonds. The van der Waals surface area contributed by atoms with E-state index in [1.54, 1.807) is 18.2 Å². The fourth-order valence-corrected chi connectivity index (χ4v) is 2.52. The fraction of sp³-hybridized carbons (Fsp3) is 0.385. The first-order chi connectivity index (χ1) is 9.47. The summed E-state index contributed by atoms with van der Waals surface area (Å²) >= 11 is 11.8. The maximum absolute atomic E-state index is 11.9. The molecule has 20 heavy (non-hydrogen) atoms. The van der Waals surface area contributed by atoms with E-state index in [0.717, 1.165) is 0 Å². The van der Waals surface area contributed by atoms with Crippen molar-refractivity contribution < 1.29 is 14.7 Å². The van der Waals surface area contributed by atoms with Gasteiger partial charge >= 0.3 is 5.97 Å². The number of carboxylic acid groups (broad SMARTS) is 1. The summed E-state index contributed by atoms with van der Waals surface area (Å²) in [5.41, 5.74) is 0.457. The van der Waals surface area contributed by atoms with Gasteiger partial charge in [0.15, 0.2) is 0 Å². The van der Waals surface area contributed by atoms with E-state index in [1.165, 1.54) is 0 Å². The van der Waals surface area contributed by atoms with Crippen LogP contribution in [0, 0.1) is 5.92 Å². The molecule has 108 valence electrons. The van der Waals surface area contributed by atoms with Crippen molar-refractivity contribution in [3.05, 3.63) is 28.2 Å². The fourth-order valence-electron chi connectivity index (χ4n) is 2.17. The first-order valence-corrected chi connectivity index (χ1v) is 6.92. The number of carbonyl (C=O) groups is 2. The van der Waals surface area contributed by atoms with Crippen LogP contribution < -0.4 is 5.32 Å². The average Bonchev–Trinajstić information content (AvgIpc) is 2.83. The smallest absolute Gasteiger partial charge is 0.307 e. The number of rotatable bonds is 4. The Labute approximate surface area is 126 Å². The second-order valence-corrected chi connectivity index (χ2v) is 5.49. The molecule has 0 saturated carbocycles. The third kappa shape index (κ3) is 3.62. The quantitative estimate of drug-likeness (QED) is 0.894. The number of aliphatic carboxylic acids is 1. The van der Waals surface area contributed by atoms with Crippen LogP contribution >= 0.6 is 23.2 Å². The van der Waals surface area contributed by atoms with Gasteiger partial charge in [-0.25, -0.2) is 0 Å². The van der Waals surface area contributed by atoms with Crippen LogP contribution in [0.1, 0.15) is 6.42 Å². The molecule has 2 rings (SSSR count). The minimum absolute atomic E-state index is 0.145. The molecule has 2 N–H and O–H groups in total. The third-order valence-electron chi connectivity index (χ3n) is 3.21. The topological polar surface area (TPSA) is 69.6 Å². The maximum Gasteiger partial charge on any atom is 0.307 e. The van der Waals surface area contributed by atoms with E-state index in [1.807, 2.05) is 4.90 Å². The molecular weight excluding hydrogens is 303 g/mol. The van der Waals surface area contributed by atoms with Gasteiger partial charge in [0.2, 0.25) is 5.91 Å². The SMILES string of the molecule is O=C(CN1CCC(C(=O)O)C1)Nc1cccc(Cl)c1Cl. The molecule has 1 aliphatic rings. The van der Waals surface area contributed by atoms with E-state index in [0.29, 0.717) is 35.2 Å². The lowest BCUT2D eigenvalue weighted by molar-refractivity contribution is -0.141. The maximum atomic E-state index is 11.9. The molecule has 1 atom stereocenters. The standard InChI is InChI=1S/C13H14Cl2N2O3/c14-9-2-1-3-10(12(9)15)16-11(18)7-17-5-4-8(6-17)13(19)20/h1-3,8H,4-7H2,(H,16,18)(H,19,20). The number of nitrogens with zero attached hydrogens (tertiary/aromatic N) is 1. The van der Waals surface area contributed by atoms with Crippen LogP contribution in [0.15, 0.2) is 18.2 Å². The van der Waals surface area contributed by atoms with Crippen LogP contribution in [-0.2, 0) is 9.59 Å². The third-order valence-corrected chi connectivity index (χ3v) is 4.03. The summed E-state index contributed by atoms with van der Waals surface area (Å²) in [4.78, 5) is 24.6. The summed E-state index contributed by atoms with van der Waals surface area (Å²) in [6.07, 6.45) is 0.570. The van der Waals surface area contributed by atoms with Crippen LogP contribution in [-0.4, -0.2) is 41.5 Å². The number of nitrogens with one attached hydrogen (secondary N) is 1. The average molecular weight is 317 g/mol. The zero-order chi connectivity index (χ0) is 14.7. The number of anilines is 1. The van der Waals surface area contributed by atoms with Crippen molar-refractivity contribution in [2.75, 3.05) is 25.0 Å². The van der Waals surface area contributed by atoms with Crippen molar-refractivity contribution in [3.63, 3.8) is 0 Å². The lowest BCUT2D eigenvalue weighted by atomic mass is 10.1. The van der Waals surface area contributed by atoms with Crippen LogP contribution in [0.25, 0.3) is 0 Å². The number of carboxylic acids is 1. The van der Waals surface area contributed by atoms with Crippen LogP contribution in [0.3, 0.4) is 0 Å². The highest BCUT2D eigenvalue weighted by molar-refractivity contribution is 6.43. The molecule has 1 saturated heterocycles. The molecule has 1 fully saturated rings. The summed E-state index contributed by atoms with van der Waals surface area (Å²) < 4.78 is 0. The molecule has 1 aromatic carbocycles. The van der Waals surface area contributed by atoms with Gasteiger partial charge in [0.25, 0.3) is 0 Å². The Morgan fingerprint density at radius 3 is 2.80 bits per heavy atom. The van der Waals surface area contributed by atoms with Crippen LogP contribution in [0.2, 0.25) is 10.0 Å². The summed E-state index contributed by atoms with van der Waals surface area (Å²) in [6.45, 7) is 1.15. The number of likely N-dealkylation sites (tertiary alicyclic amines) is 1. The number of hydrogen-bond acceptors (Lipinski definition) is 3. The molecule has 7 heteroatoms. The van der Waals surface area contributed by atoms with E-state index < -0.39 is 11.9 Å². The highest BCUT2D eigenvalue weighted by Crippen LogP contribution is 2.29. The Morgan fingerprint density at radius 1 is 1.40 bits per heavy atom. The van der Waals surface area contributed by atoms with Crippen molar-refractivity contribution in [1.29, 1.82) is 0 Å². The van der Waals surface area contributed by atoms with Gasteiger partial charge in [-0.3, -0.25) is 14.5 Å². The molecule has 0 spiro atoms. The Morgan fingerprint density at radius 2 is 2.15 bits per heavy atom. The van der Waals surface area contributed by atoms with E-state index in [2.05, 4.69) is 5.32 Å². The van der Waals surface area contributed by atoms with Gasteiger partial charge in [-0.2, -0.15) is 0 Å². The molecule has 1 aromatic rings. The molecule has 0 radical (unpaired) electrons. The van der Waals surface area contributed by atoms with Crippen LogP contribution in [0.4, 0.5) is 5.69 Å². The zero-order valence-electron chi connectivity index (χ0n) is 10.6. The van der Waals surface area contributed by atoms with E-state index >= 15 is 0 Å². The summed E-state index contributed by atoms with van der Waals surface area (Å²) in [7, 11) is 0. The highest BCUT2D eigenvalue weighted by Gasteiger charge is 2.28. The number of hydrogen-bond donors (Lipinski definition) is 2. The minimum Gasteiger partial charge on any atom is -0.481 e. The largest absolute Gasteiger partial charge is 0.481 e. The molecule has 1 heterocycles. The summed E-state index contributed by atoms with van der Waals surface area (Å²) in [6, 6.07) is 4.99. The predicted molar refractivity (Wildman–Crippen MR) is 77.3 cm³/mol. The molecule has 0 aliphatic carbocycles. The molecule has 1 aliphatic heterocycles. The van der Waals surface area contributed by atoms with Crippen molar-refractivity contribution >= 4 is 40.8 Å². The zero-order valence-corrected chi connectivity index (χ0v) is 12.1. The molecule has 0 aromatic heterocycles. The lowest BCUT2D eigenvalue weighted by Gasteiger charge is -2.15. The normalized spacial score (nSPS) is 19.0. The second-order valence-electron chi connectivity index (χ2n) is 4.71. The van der Waals surface area contributed by atoms with E-state index in [-0.39, 0.29) is 12.5 Å². The number of carbonyl (C=O) groups excluding carboxylic acids is 1. The summed E-state index contributed by atoms with van der Waals surface area (Å²) in [5, 5.41) is 12.3. The van der Waals surface area contributed by atoms with Gasteiger partial charge in [0.1, 0.15) is 0 Å². The number of benzene rings is 1. The van der Waals surface area contributed by atoms with E-state index in [9.17, 15) is 9.59 Å². The first kappa shape index (κ1) is 15.1. The van der Waals surface area contributed by atoms with Gasteiger partial charge in [-0.1, -0.05) is 29.3 Å². The Balaban J connectivity index is 1.90. The molecular formula is C13H14Cl2N2O3. The van der Waals surface area contributed by atoms with Crippen LogP contribution in [0.5, 0.6) is 0 Å². The monoisotopic (exact) mass is 316 g/mol. The van der Waals surface area contributed by atoms with Gasteiger partial charge in [-0.05, 0) is 25.1 Å². The van der Waals surface area contributed by atoms with Gasteiger partial charge < -0.3 is 10.4 Å². The highest BCUT2D eigenvalue weighted by atomic mass is 35.5. The Kier molecular flexibility index (Phi) is 4.86. The predicted octanol–water partition coefficient (Wildman–Crippen LogP) is 2.34. The molecule has 5 nitrogen and oxygen atoms in total. The van der Waals surface area contributed by atoms with Crippen molar-refractivity contribution in [2.45, 2.75) is 6.42 Å². The summed E-state index contributed by atoms with van der Waals surface area (Å²) in [5.74, 6) is -1.44. The Bertz CT molecular complexity index is 536. The number of halogens is 2. The van der Waals surface area contributed by atoms with Gasteiger partial charge in [0.05, 0.1) is 28.2 Å². The minimum atomic E-state index is -0.814.